The summed E-state index contributed by atoms with van der Waals surface area (Å²) in [5.74, 6) is 0.141. The Morgan fingerprint density at radius 2 is 1.50 bits per heavy atom. The van der Waals surface area contributed by atoms with Crippen molar-refractivity contribution in [3.8, 4) is 0 Å². The topological polar surface area (TPSA) is 105 Å². The Bertz CT molecular complexity index is 874. The number of sulfonamides is 2. The van der Waals surface area contributed by atoms with Gasteiger partial charge in [-0.2, -0.15) is 0 Å². The first-order chi connectivity index (χ1) is 11.1. The van der Waals surface area contributed by atoms with Gasteiger partial charge in [0.05, 0.1) is 9.79 Å². The van der Waals surface area contributed by atoms with E-state index in [1.54, 1.807) is 12.3 Å². The van der Waals surface area contributed by atoms with Crippen molar-refractivity contribution in [2.45, 2.75) is 36.6 Å². The standard InChI is InChI=1S/C14H19N3O4S3/c1-10(2)11(3)16-23(18,19)12-4-6-13(7-5-12)24(20,21)17-14-15-8-9-22-14/h4-11,16H,1-3H3,(H,15,17)/t11-/m0/s1. The third-order valence-electron chi connectivity index (χ3n) is 3.44. The number of benzene rings is 1. The zero-order chi connectivity index (χ0) is 18.0. The summed E-state index contributed by atoms with van der Waals surface area (Å²) in [5.41, 5.74) is 0. The molecule has 0 fully saturated rings. The number of nitrogens with one attached hydrogen (secondary N) is 2. The second-order valence-corrected chi connectivity index (χ2v) is 9.86. The van der Waals surface area contributed by atoms with Gasteiger partial charge in [0.25, 0.3) is 10.0 Å². The monoisotopic (exact) mass is 389 g/mol. The lowest BCUT2D eigenvalue weighted by molar-refractivity contribution is 0.476. The van der Waals surface area contributed by atoms with Gasteiger partial charge in [0.15, 0.2) is 5.13 Å². The Morgan fingerprint density at radius 1 is 0.958 bits per heavy atom. The minimum atomic E-state index is -3.80. The molecule has 0 aliphatic heterocycles. The van der Waals surface area contributed by atoms with Crippen LogP contribution in [0.4, 0.5) is 5.13 Å². The highest BCUT2D eigenvalue weighted by Gasteiger charge is 2.21. The van der Waals surface area contributed by atoms with Crippen LogP contribution in [0.5, 0.6) is 0 Å². The predicted molar refractivity (Wildman–Crippen MR) is 94.0 cm³/mol. The highest BCUT2D eigenvalue weighted by molar-refractivity contribution is 7.93. The average Bonchev–Trinajstić information content (AvgIpc) is 2.99. The van der Waals surface area contributed by atoms with Crippen LogP contribution >= 0.6 is 11.3 Å². The van der Waals surface area contributed by atoms with Crippen molar-refractivity contribution in [2.24, 2.45) is 5.92 Å². The highest BCUT2D eigenvalue weighted by atomic mass is 32.2. The highest BCUT2D eigenvalue weighted by Crippen LogP contribution is 2.20. The molecule has 1 aromatic heterocycles. The molecule has 7 nitrogen and oxygen atoms in total. The van der Waals surface area contributed by atoms with Crippen LogP contribution in [0, 0.1) is 5.92 Å². The molecule has 0 aliphatic carbocycles. The van der Waals surface area contributed by atoms with Gasteiger partial charge >= 0.3 is 0 Å². The maximum Gasteiger partial charge on any atom is 0.263 e. The molecular formula is C14H19N3O4S3. The molecule has 1 atom stereocenters. The summed E-state index contributed by atoms with van der Waals surface area (Å²) < 4.78 is 53.9. The number of thiazole rings is 1. The van der Waals surface area contributed by atoms with E-state index < -0.39 is 20.0 Å². The normalized spacial score (nSPS) is 13.8. The molecule has 0 spiro atoms. The summed E-state index contributed by atoms with van der Waals surface area (Å²) in [5, 5.41) is 1.90. The lowest BCUT2D eigenvalue weighted by atomic mass is 10.1. The molecule has 132 valence electrons. The largest absolute Gasteiger partial charge is 0.263 e. The molecule has 0 unspecified atom stereocenters. The van der Waals surface area contributed by atoms with Gasteiger partial charge in [-0.05, 0) is 37.1 Å². The summed E-state index contributed by atoms with van der Waals surface area (Å²) in [4.78, 5) is 3.84. The van der Waals surface area contributed by atoms with Crippen LogP contribution in [-0.4, -0.2) is 27.9 Å². The van der Waals surface area contributed by atoms with Gasteiger partial charge < -0.3 is 0 Å². The quantitative estimate of drug-likeness (QED) is 0.756. The van der Waals surface area contributed by atoms with Crippen LogP contribution in [0.1, 0.15) is 20.8 Å². The van der Waals surface area contributed by atoms with Crippen molar-refractivity contribution in [3.63, 3.8) is 0 Å². The van der Waals surface area contributed by atoms with Gasteiger partial charge in [-0.25, -0.2) is 26.5 Å². The first-order valence-corrected chi connectivity index (χ1v) is 11.0. The Hall–Kier alpha value is -1.49. The maximum atomic E-state index is 12.3. The van der Waals surface area contributed by atoms with Crippen molar-refractivity contribution in [3.05, 3.63) is 35.8 Å². The van der Waals surface area contributed by atoms with Crippen molar-refractivity contribution in [1.82, 2.24) is 9.71 Å². The average molecular weight is 390 g/mol. The molecule has 2 rings (SSSR count). The van der Waals surface area contributed by atoms with Gasteiger partial charge in [0.2, 0.25) is 10.0 Å². The fourth-order valence-corrected chi connectivity index (χ4v) is 4.88. The zero-order valence-electron chi connectivity index (χ0n) is 13.4. The number of nitrogens with zero attached hydrogens (tertiary/aromatic N) is 1. The molecule has 0 saturated carbocycles. The maximum absolute atomic E-state index is 12.3. The van der Waals surface area contributed by atoms with Crippen LogP contribution in [0.25, 0.3) is 0 Å². The SMILES string of the molecule is CC(C)[C@H](C)NS(=O)(=O)c1ccc(S(=O)(=O)Nc2nccs2)cc1. The van der Waals surface area contributed by atoms with Crippen molar-refractivity contribution < 1.29 is 16.8 Å². The van der Waals surface area contributed by atoms with E-state index in [2.05, 4.69) is 14.4 Å². The van der Waals surface area contributed by atoms with Gasteiger partial charge in [0, 0.05) is 17.6 Å². The Morgan fingerprint density at radius 3 is 1.96 bits per heavy atom. The molecule has 10 heteroatoms. The molecule has 0 amide bonds. The van der Waals surface area contributed by atoms with Crippen LogP contribution in [0.15, 0.2) is 45.6 Å². The molecule has 24 heavy (non-hydrogen) atoms. The van der Waals surface area contributed by atoms with E-state index in [0.717, 1.165) is 11.3 Å². The number of anilines is 1. The smallest absolute Gasteiger partial charge is 0.255 e. The number of aromatic nitrogens is 1. The van der Waals surface area contributed by atoms with Gasteiger partial charge in [0.1, 0.15) is 0 Å². The Balaban J connectivity index is 2.21. The van der Waals surface area contributed by atoms with E-state index >= 15 is 0 Å². The van der Waals surface area contributed by atoms with E-state index in [4.69, 9.17) is 0 Å². The third-order valence-corrected chi connectivity index (χ3v) is 7.19. The van der Waals surface area contributed by atoms with E-state index in [1.807, 2.05) is 13.8 Å². The summed E-state index contributed by atoms with van der Waals surface area (Å²) in [6, 6.07) is 4.82. The summed E-state index contributed by atoms with van der Waals surface area (Å²) in [7, 11) is -7.49. The van der Waals surface area contributed by atoms with Crippen LogP contribution < -0.4 is 9.44 Å². The van der Waals surface area contributed by atoms with Crippen molar-refractivity contribution in [1.29, 1.82) is 0 Å². The van der Waals surface area contributed by atoms with Crippen LogP contribution in [0.3, 0.4) is 0 Å². The van der Waals surface area contributed by atoms with Gasteiger partial charge in [-0.1, -0.05) is 13.8 Å². The number of hydrogen-bond donors (Lipinski definition) is 2. The van der Waals surface area contributed by atoms with Crippen molar-refractivity contribution >= 4 is 36.5 Å². The predicted octanol–water partition coefficient (Wildman–Crippen LogP) is 2.27. The third kappa shape index (κ3) is 4.53. The fraction of sp³-hybridized carbons (Fsp3) is 0.357. The molecule has 0 radical (unpaired) electrons. The van der Waals surface area contributed by atoms with E-state index in [9.17, 15) is 16.8 Å². The van der Waals surface area contributed by atoms with E-state index in [-0.39, 0.29) is 26.9 Å². The molecule has 1 aromatic carbocycles. The summed E-state index contributed by atoms with van der Waals surface area (Å²) in [6.07, 6.45) is 1.49. The van der Waals surface area contributed by atoms with Gasteiger partial charge in [-0.3, -0.25) is 4.72 Å². The zero-order valence-corrected chi connectivity index (χ0v) is 15.9. The van der Waals surface area contributed by atoms with Crippen LogP contribution in [-0.2, 0) is 20.0 Å². The lowest BCUT2D eigenvalue weighted by Crippen LogP contribution is -2.36. The summed E-state index contributed by atoms with van der Waals surface area (Å²) >= 11 is 1.15. The minimum absolute atomic E-state index is 0.0169. The molecule has 0 aliphatic rings. The molecule has 1 heterocycles. The second kappa shape index (κ2) is 7.18. The second-order valence-electron chi connectivity index (χ2n) is 5.57. The summed E-state index contributed by atoms with van der Waals surface area (Å²) in [6.45, 7) is 5.60. The molecule has 0 saturated heterocycles. The van der Waals surface area contributed by atoms with E-state index in [1.165, 1.54) is 30.5 Å². The Labute approximate surface area is 146 Å². The van der Waals surface area contributed by atoms with Gasteiger partial charge in [-0.15, -0.1) is 11.3 Å². The molecule has 2 N–H and O–H groups in total. The van der Waals surface area contributed by atoms with Crippen LogP contribution in [0.2, 0.25) is 0 Å². The first kappa shape index (κ1) is 18.8. The molecule has 0 bridgehead atoms. The first-order valence-electron chi connectivity index (χ1n) is 7.16. The number of rotatable bonds is 7. The van der Waals surface area contributed by atoms with E-state index in [0.29, 0.717) is 0 Å². The minimum Gasteiger partial charge on any atom is -0.255 e. The molecule has 2 aromatic rings. The fourth-order valence-electron chi connectivity index (χ4n) is 1.69. The van der Waals surface area contributed by atoms with Crippen molar-refractivity contribution in [2.75, 3.05) is 4.72 Å². The Kier molecular flexibility index (Phi) is 5.63. The number of hydrogen-bond acceptors (Lipinski definition) is 6. The molecular weight excluding hydrogens is 370 g/mol. The lowest BCUT2D eigenvalue weighted by Gasteiger charge is -2.17.